The molecule has 0 aliphatic carbocycles. The average Bonchev–Trinajstić information content (AvgIpc) is 3.07. The first-order valence-electron chi connectivity index (χ1n) is 6.57. The molecule has 2 heterocycles. The minimum Gasteiger partial charge on any atom is -0.454 e. The van der Waals surface area contributed by atoms with Crippen LogP contribution in [0.3, 0.4) is 0 Å². The zero-order valence-electron chi connectivity index (χ0n) is 11.5. The number of rotatable bonds is 5. The van der Waals surface area contributed by atoms with Crippen LogP contribution in [0.15, 0.2) is 28.8 Å². The number of nitrogens with zero attached hydrogens (tertiary/aromatic N) is 1. The van der Waals surface area contributed by atoms with E-state index < -0.39 is 0 Å². The summed E-state index contributed by atoms with van der Waals surface area (Å²) in [4.78, 5) is 11.7. The Kier molecular flexibility index (Phi) is 3.63. The molecule has 3 rings (SSSR count). The molecule has 7 nitrogen and oxygen atoms in total. The number of carbonyl (C=O) groups is 1. The zero-order chi connectivity index (χ0) is 14.7. The van der Waals surface area contributed by atoms with Crippen molar-refractivity contribution in [1.82, 2.24) is 5.16 Å². The highest BCUT2D eigenvalue weighted by Gasteiger charge is 2.13. The molecule has 0 radical (unpaired) electrons. The summed E-state index contributed by atoms with van der Waals surface area (Å²) in [6, 6.07) is 7.24. The lowest BCUT2D eigenvalue weighted by atomic mass is 10.2. The topological polar surface area (TPSA) is 85.6 Å². The predicted molar refractivity (Wildman–Crippen MR) is 75.5 cm³/mol. The van der Waals surface area contributed by atoms with Crippen molar-refractivity contribution in [3.05, 3.63) is 30.0 Å². The normalized spacial score (nSPS) is 12.2. The van der Waals surface area contributed by atoms with Gasteiger partial charge in [0.2, 0.25) is 12.7 Å². The summed E-state index contributed by atoms with van der Waals surface area (Å²) >= 11 is 0. The molecule has 7 heteroatoms. The number of nitrogens with one attached hydrogen (secondary N) is 2. The van der Waals surface area contributed by atoms with E-state index in [0.717, 1.165) is 11.4 Å². The van der Waals surface area contributed by atoms with Gasteiger partial charge in [-0.1, -0.05) is 5.16 Å². The Labute approximate surface area is 121 Å². The Morgan fingerprint density at radius 3 is 2.95 bits per heavy atom. The van der Waals surface area contributed by atoms with E-state index >= 15 is 0 Å². The van der Waals surface area contributed by atoms with Crippen molar-refractivity contribution in [2.24, 2.45) is 0 Å². The molecule has 21 heavy (non-hydrogen) atoms. The molecule has 0 saturated carbocycles. The van der Waals surface area contributed by atoms with Crippen LogP contribution in [0.25, 0.3) is 0 Å². The minimum absolute atomic E-state index is 0.128. The van der Waals surface area contributed by atoms with E-state index in [4.69, 9.17) is 14.0 Å². The van der Waals surface area contributed by atoms with Gasteiger partial charge < -0.3 is 24.6 Å². The molecule has 1 aliphatic rings. The second kappa shape index (κ2) is 5.74. The van der Waals surface area contributed by atoms with Gasteiger partial charge in [-0.05, 0) is 19.1 Å². The van der Waals surface area contributed by atoms with Crippen LogP contribution in [-0.2, 0) is 4.79 Å². The van der Waals surface area contributed by atoms with Crippen LogP contribution in [0.4, 0.5) is 11.5 Å². The predicted octanol–water partition coefficient (Wildman–Crippen LogP) is 2.15. The van der Waals surface area contributed by atoms with Crippen LogP contribution < -0.4 is 20.1 Å². The van der Waals surface area contributed by atoms with Crippen molar-refractivity contribution < 1.29 is 18.8 Å². The molecule has 1 aromatic heterocycles. The maximum absolute atomic E-state index is 11.7. The Morgan fingerprint density at radius 1 is 1.29 bits per heavy atom. The molecule has 0 unspecified atom stereocenters. The molecular formula is C14H15N3O4. The molecule has 1 aromatic carbocycles. The number of hydrogen-bond acceptors (Lipinski definition) is 6. The molecule has 2 aromatic rings. The average molecular weight is 289 g/mol. The maximum Gasteiger partial charge on any atom is 0.231 e. The Bertz CT molecular complexity index is 653. The van der Waals surface area contributed by atoms with Crippen molar-refractivity contribution in [2.75, 3.05) is 24.0 Å². The first-order valence-corrected chi connectivity index (χ1v) is 6.57. The SMILES string of the molecule is Cc1cc(NC(=O)CCNc2ccc3c(c2)OCO3)no1. The lowest BCUT2D eigenvalue weighted by Crippen LogP contribution is -2.16. The van der Waals surface area contributed by atoms with Crippen LogP contribution in [0.1, 0.15) is 12.2 Å². The summed E-state index contributed by atoms with van der Waals surface area (Å²) in [6.45, 7) is 2.52. The highest BCUT2D eigenvalue weighted by molar-refractivity contribution is 5.90. The number of amides is 1. The highest BCUT2D eigenvalue weighted by Crippen LogP contribution is 2.34. The van der Waals surface area contributed by atoms with E-state index in [2.05, 4.69) is 15.8 Å². The summed E-state index contributed by atoms with van der Waals surface area (Å²) in [5, 5.41) is 9.52. The largest absolute Gasteiger partial charge is 0.454 e. The van der Waals surface area contributed by atoms with Crippen LogP contribution in [0.2, 0.25) is 0 Å². The van der Waals surface area contributed by atoms with Gasteiger partial charge in [-0.2, -0.15) is 0 Å². The fraction of sp³-hybridized carbons (Fsp3) is 0.286. The van der Waals surface area contributed by atoms with Crippen LogP contribution in [0.5, 0.6) is 11.5 Å². The first-order chi connectivity index (χ1) is 10.2. The summed E-state index contributed by atoms with van der Waals surface area (Å²) in [7, 11) is 0. The highest BCUT2D eigenvalue weighted by atomic mass is 16.7. The summed E-state index contributed by atoms with van der Waals surface area (Å²) in [6.07, 6.45) is 0.320. The third kappa shape index (κ3) is 3.25. The van der Waals surface area contributed by atoms with Gasteiger partial charge in [-0.25, -0.2) is 0 Å². The van der Waals surface area contributed by atoms with Crippen LogP contribution in [0, 0.1) is 6.92 Å². The van der Waals surface area contributed by atoms with Crippen LogP contribution >= 0.6 is 0 Å². The van der Waals surface area contributed by atoms with Crippen molar-refractivity contribution in [3.63, 3.8) is 0 Å². The number of ether oxygens (including phenoxy) is 2. The standard InChI is InChI=1S/C14H15N3O4/c1-9-6-13(17-21-9)16-14(18)4-5-15-10-2-3-11-12(7-10)20-8-19-11/h2-3,6-7,15H,4-5,8H2,1H3,(H,16,17,18). The smallest absolute Gasteiger partial charge is 0.231 e. The number of hydrogen-bond donors (Lipinski definition) is 2. The van der Waals surface area contributed by atoms with Gasteiger partial charge in [0, 0.05) is 30.8 Å². The van der Waals surface area contributed by atoms with Crippen molar-refractivity contribution in [3.8, 4) is 11.5 Å². The summed E-state index contributed by atoms with van der Waals surface area (Å²) in [5.41, 5.74) is 0.879. The fourth-order valence-corrected chi connectivity index (χ4v) is 1.96. The van der Waals surface area contributed by atoms with E-state index in [1.165, 1.54) is 0 Å². The third-order valence-electron chi connectivity index (χ3n) is 2.95. The lowest BCUT2D eigenvalue weighted by molar-refractivity contribution is -0.116. The number of carbonyl (C=O) groups excluding carboxylic acids is 1. The number of benzene rings is 1. The summed E-state index contributed by atoms with van der Waals surface area (Å²) in [5.74, 6) is 2.41. The number of aromatic nitrogens is 1. The minimum atomic E-state index is -0.128. The van der Waals surface area contributed by atoms with Gasteiger partial charge in [-0.15, -0.1) is 0 Å². The fourth-order valence-electron chi connectivity index (χ4n) is 1.96. The van der Waals surface area contributed by atoms with Crippen LogP contribution in [-0.4, -0.2) is 24.4 Å². The third-order valence-corrected chi connectivity index (χ3v) is 2.95. The molecular weight excluding hydrogens is 274 g/mol. The Morgan fingerprint density at radius 2 is 2.14 bits per heavy atom. The second-order valence-electron chi connectivity index (χ2n) is 4.62. The van der Waals surface area contributed by atoms with Gasteiger partial charge >= 0.3 is 0 Å². The number of fused-ring (bicyclic) bond motifs is 1. The van der Waals surface area contributed by atoms with Gasteiger partial charge in [0.25, 0.3) is 0 Å². The molecule has 0 saturated heterocycles. The Hall–Kier alpha value is -2.70. The molecule has 1 amide bonds. The van der Waals surface area contributed by atoms with Gasteiger partial charge in [0.1, 0.15) is 5.76 Å². The molecule has 2 N–H and O–H groups in total. The van der Waals surface area contributed by atoms with E-state index in [1.807, 2.05) is 18.2 Å². The first kappa shape index (κ1) is 13.3. The van der Waals surface area contributed by atoms with Crippen molar-refractivity contribution >= 4 is 17.4 Å². The quantitative estimate of drug-likeness (QED) is 0.877. The molecule has 0 fully saturated rings. The van der Waals surface area contributed by atoms with Gasteiger partial charge in [0.05, 0.1) is 0 Å². The number of anilines is 2. The van der Waals surface area contributed by atoms with Gasteiger partial charge in [-0.3, -0.25) is 4.79 Å². The molecule has 0 atom stereocenters. The Balaban J connectivity index is 1.46. The van der Waals surface area contributed by atoms with E-state index in [1.54, 1.807) is 13.0 Å². The monoisotopic (exact) mass is 289 g/mol. The van der Waals surface area contributed by atoms with Crippen molar-refractivity contribution in [2.45, 2.75) is 13.3 Å². The van der Waals surface area contributed by atoms with E-state index in [9.17, 15) is 4.79 Å². The second-order valence-corrected chi connectivity index (χ2v) is 4.62. The molecule has 110 valence electrons. The number of aryl methyl sites for hydroxylation is 1. The zero-order valence-corrected chi connectivity index (χ0v) is 11.5. The summed E-state index contributed by atoms with van der Waals surface area (Å²) < 4.78 is 15.4. The maximum atomic E-state index is 11.7. The molecule has 0 bridgehead atoms. The molecule has 1 aliphatic heterocycles. The lowest BCUT2D eigenvalue weighted by Gasteiger charge is -2.07. The van der Waals surface area contributed by atoms with E-state index in [-0.39, 0.29) is 12.7 Å². The van der Waals surface area contributed by atoms with E-state index in [0.29, 0.717) is 30.3 Å². The van der Waals surface area contributed by atoms with Crippen molar-refractivity contribution in [1.29, 1.82) is 0 Å². The molecule has 0 spiro atoms. The van der Waals surface area contributed by atoms with Gasteiger partial charge in [0.15, 0.2) is 17.3 Å².